The minimum Gasteiger partial charge on any atom is -0.383 e. The van der Waals surface area contributed by atoms with E-state index in [4.69, 9.17) is 10.5 Å². The number of nitrogens with zero attached hydrogens (tertiary/aromatic N) is 1. The third-order valence-electron chi connectivity index (χ3n) is 2.69. The first kappa shape index (κ1) is 10.1. The average Bonchev–Trinajstić information content (AvgIpc) is 2.70. The normalized spacial score (nSPS) is 27.6. The highest BCUT2D eigenvalue weighted by Crippen LogP contribution is 2.47. The lowest BCUT2D eigenvalue weighted by atomic mass is 10.2. The lowest BCUT2D eigenvalue weighted by Gasteiger charge is -2.05. The van der Waals surface area contributed by atoms with Crippen molar-refractivity contribution in [2.75, 3.05) is 13.7 Å². The van der Waals surface area contributed by atoms with Crippen LogP contribution in [0.25, 0.3) is 0 Å². The molecule has 1 aliphatic rings. The molecule has 3 unspecified atom stereocenters. The first-order valence-electron chi connectivity index (χ1n) is 4.92. The SMILES string of the molecule is COCC(N)c1csc(C2CC2C)n1. The van der Waals surface area contributed by atoms with Gasteiger partial charge in [0.25, 0.3) is 0 Å². The van der Waals surface area contributed by atoms with Gasteiger partial charge in [0.05, 0.1) is 23.4 Å². The second-order valence-electron chi connectivity index (χ2n) is 3.99. The van der Waals surface area contributed by atoms with Crippen molar-refractivity contribution < 1.29 is 4.74 Å². The van der Waals surface area contributed by atoms with E-state index < -0.39 is 0 Å². The van der Waals surface area contributed by atoms with E-state index in [2.05, 4.69) is 17.3 Å². The summed E-state index contributed by atoms with van der Waals surface area (Å²) in [6, 6.07) is -0.0703. The predicted molar refractivity (Wildman–Crippen MR) is 57.4 cm³/mol. The van der Waals surface area contributed by atoms with E-state index >= 15 is 0 Å². The molecule has 2 rings (SSSR count). The fourth-order valence-corrected chi connectivity index (χ4v) is 2.70. The molecule has 1 fully saturated rings. The van der Waals surface area contributed by atoms with Crippen LogP contribution < -0.4 is 5.73 Å². The van der Waals surface area contributed by atoms with Crippen molar-refractivity contribution >= 4 is 11.3 Å². The minimum atomic E-state index is -0.0703. The van der Waals surface area contributed by atoms with Gasteiger partial charge in [-0.1, -0.05) is 6.92 Å². The molecule has 3 nitrogen and oxygen atoms in total. The molecule has 14 heavy (non-hydrogen) atoms. The molecule has 1 heterocycles. The minimum absolute atomic E-state index is 0.0703. The van der Waals surface area contributed by atoms with Crippen molar-refractivity contribution in [3.8, 4) is 0 Å². The molecule has 0 aromatic carbocycles. The van der Waals surface area contributed by atoms with Crippen molar-refractivity contribution in [2.45, 2.75) is 25.3 Å². The first-order valence-corrected chi connectivity index (χ1v) is 5.80. The van der Waals surface area contributed by atoms with E-state index in [1.807, 2.05) is 0 Å². The zero-order valence-electron chi connectivity index (χ0n) is 8.56. The van der Waals surface area contributed by atoms with Crippen LogP contribution >= 0.6 is 11.3 Å². The molecule has 2 N–H and O–H groups in total. The molecule has 0 bridgehead atoms. The maximum absolute atomic E-state index is 5.89. The third kappa shape index (κ3) is 1.97. The van der Waals surface area contributed by atoms with Gasteiger partial charge in [-0.2, -0.15) is 0 Å². The van der Waals surface area contributed by atoms with Gasteiger partial charge >= 0.3 is 0 Å². The Balaban J connectivity index is 2.02. The summed E-state index contributed by atoms with van der Waals surface area (Å²) < 4.78 is 5.00. The van der Waals surface area contributed by atoms with Gasteiger partial charge in [0, 0.05) is 18.4 Å². The van der Waals surface area contributed by atoms with Crippen molar-refractivity contribution in [1.29, 1.82) is 0 Å². The summed E-state index contributed by atoms with van der Waals surface area (Å²) in [5, 5.41) is 3.31. The van der Waals surface area contributed by atoms with E-state index in [1.165, 1.54) is 11.4 Å². The van der Waals surface area contributed by atoms with Gasteiger partial charge in [-0.25, -0.2) is 4.98 Å². The second kappa shape index (κ2) is 3.96. The molecular formula is C10H16N2OS. The summed E-state index contributed by atoms with van der Waals surface area (Å²) in [5.41, 5.74) is 6.87. The summed E-state index contributed by atoms with van der Waals surface area (Å²) in [7, 11) is 1.66. The summed E-state index contributed by atoms with van der Waals surface area (Å²) in [6.07, 6.45) is 1.28. The summed E-state index contributed by atoms with van der Waals surface area (Å²) in [6.45, 7) is 2.81. The van der Waals surface area contributed by atoms with Gasteiger partial charge in [-0.15, -0.1) is 11.3 Å². The Hall–Kier alpha value is -0.450. The lowest BCUT2D eigenvalue weighted by Crippen LogP contribution is -2.16. The van der Waals surface area contributed by atoms with Crippen LogP contribution in [0.5, 0.6) is 0 Å². The van der Waals surface area contributed by atoms with Crippen molar-refractivity contribution in [1.82, 2.24) is 4.98 Å². The van der Waals surface area contributed by atoms with Gasteiger partial charge < -0.3 is 10.5 Å². The quantitative estimate of drug-likeness (QED) is 0.829. The summed E-state index contributed by atoms with van der Waals surface area (Å²) in [4.78, 5) is 4.55. The molecule has 0 radical (unpaired) electrons. The van der Waals surface area contributed by atoms with Crippen LogP contribution in [0.2, 0.25) is 0 Å². The molecule has 1 saturated carbocycles. The van der Waals surface area contributed by atoms with E-state index in [1.54, 1.807) is 18.4 Å². The Kier molecular flexibility index (Phi) is 2.85. The van der Waals surface area contributed by atoms with Crippen LogP contribution in [0, 0.1) is 5.92 Å². The summed E-state index contributed by atoms with van der Waals surface area (Å²) in [5.74, 6) is 1.51. The molecule has 1 aromatic rings. The van der Waals surface area contributed by atoms with E-state index in [0.29, 0.717) is 12.5 Å². The number of aromatic nitrogens is 1. The zero-order chi connectivity index (χ0) is 10.1. The van der Waals surface area contributed by atoms with Crippen molar-refractivity contribution in [3.63, 3.8) is 0 Å². The summed E-state index contributed by atoms with van der Waals surface area (Å²) >= 11 is 1.73. The lowest BCUT2D eigenvalue weighted by molar-refractivity contribution is 0.180. The molecule has 0 spiro atoms. The Morgan fingerprint density at radius 2 is 2.50 bits per heavy atom. The van der Waals surface area contributed by atoms with Gasteiger partial charge in [-0.05, 0) is 12.3 Å². The zero-order valence-corrected chi connectivity index (χ0v) is 9.38. The number of hydrogen-bond donors (Lipinski definition) is 1. The van der Waals surface area contributed by atoms with Crippen LogP contribution in [0.4, 0.5) is 0 Å². The fraction of sp³-hybridized carbons (Fsp3) is 0.700. The average molecular weight is 212 g/mol. The first-order chi connectivity index (χ1) is 6.72. The molecule has 1 aromatic heterocycles. The second-order valence-corrected chi connectivity index (χ2v) is 4.88. The molecule has 1 aliphatic carbocycles. The molecular weight excluding hydrogens is 196 g/mol. The highest BCUT2D eigenvalue weighted by molar-refractivity contribution is 7.09. The number of thiazole rings is 1. The molecule has 4 heteroatoms. The van der Waals surface area contributed by atoms with Crippen LogP contribution in [0.15, 0.2) is 5.38 Å². The predicted octanol–water partition coefficient (Wildman–Crippen LogP) is 1.91. The Morgan fingerprint density at radius 3 is 3.07 bits per heavy atom. The van der Waals surface area contributed by atoms with Crippen LogP contribution in [-0.2, 0) is 4.74 Å². The Bertz CT molecular complexity index is 313. The highest BCUT2D eigenvalue weighted by atomic mass is 32.1. The van der Waals surface area contributed by atoms with Crippen LogP contribution in [-0.4, -0.2) is 18.7 Å². The molecule has 78 valence electrons. The maximum atomic E-state index is 5.89. The largest absolute Gasteiger partial charge is 0.383 e. The van der Waals surface area contributed by atoms with E-state index in [-0.39, 0.29) is 6.04 Å². The smallest absolute Gasteiger partial charge is 0.0962 e. The number of rotatable bonds is 4. The van der Waals surface area contributed by atoms with Crippen LogP contribution in [0.3, 0.4) is 0 Å². The molecule has 3 atom stereocenters. The fourth-order valence-electron chi connectivity index (χ4n) is 1.57. The van der Waals surface area contributed by atoms with Crippen molar-refractivity contribution in [3.05, 3.63) is 16.1 Å². The highest BCUT2D eigenvalue weighted by Gasteiger charge is 2.36. The number of nitrogens with two attached hydrogens (primary N) is 1. The number of methoxy groups -OCH3 is 1. The van der Waals surface area contributed by atoms with Crippen molar-refractivity contribution in [2.24, 2.45) is 11.7 Å². The van der Waals surface area contributed by atoms with Gasteiger partial charge in [0.1, 0.15) is 0 Å². The topological polar surface area (TPSA) is 48.1 Å². The van der Waals surface area contributed by atoms with Gasteiger partial charge in [0.15, 0.2) is 0 Å². The third-order valence-corrected chi connectivity index (χ3v) is 3.69. The number of hydrogen-bond acceptors (Lipinski definition) is 4. The standard InChI is InChI=1S/C10H16N2OS/c1-6-3-7(6)10-12-9(5-14-10)8(11)4-13-2/h5-8H,3-4,11H2,1-2H3. The van der Waals surface area contributed by atoms with Gasteiger partial charge in [-0.3, -0.25) is 0 Å². The van der Waals surface area contributed by atoms with Crippen LogP contribution in [0.1, 0.15) is 36.0 Å². The Morgan fingerprint density at radius 1 is 1.79 bits per heavy atom. The molecule has 0 saturated heterocycles. The monoisotopic (exact) mass is 212 g/mol. The number of ether oxygens (including phenoxy) is 1. The molecule has 0 amide bonds. The van der Waals surface area contributed by atoms with Gasteiger partial charge in [0.2, 0.25) is 0 Å². The van der Waals surface area contributed by atoms with E-state index in [9.17, 15) is 0 Å². The maximum Gasteiger partial charge on any atom is 0.0962 e. The molecule has 0 aliphatic heterocycles. The Labute approximate surface area is 88.3 Å². The van der Waals surface area contributed by atoms with E-state index in [0.717, 1.165) is 11.6 Å².